The average molecular weight is 216 g/mol. The highest BCUT2D eigenvalue weighted by molar-refractivity contribution is 5.63. The van der Waals surface area contributed by atoms with Gasteiger partial charge in [-0.15, -0.1) is 0 Å². The Kier molecular flexibility index (Phi) is 2.44. The van der Waals surface area contributed by atoms with Crippen LogP contribution in [0.3, 0.4) is 0 Å². The van der Waals surface area contributed by atoms with E-state index in [-0.39, 0.29) is 0 Å². The van der Waals surface area contributed by atoms with Crippen LogP contribution in [0.1, 0.15) is 36.0 Å². The van der Waals surface area contributed by atoms with E-state index < -0.39 is 0 Å². The van der Waals surface area contributed by atoms with Crippen LogP contribution in [0, 0.1) is 0 Å². The molecule has 2 aliphatic rings. The second-order valence-corrected chi connectivity index (χ2v) is 4.51. The summed E-state index contributed by atoms with van der Waals surface area (Å²) >= 11 is 0. The van der Waals surface area contributed by atoms with Gasteiger partial charge in [-0.25, -0.2) is 0 Å². The highest BCUT2D eigenvalue weighted by atomic mass is 16.5. The highest BCUT2D eigenvalue weighted by Gasteiger charge is 2.16. The molecule has 0 saturated heterocycles. The third-order valence-electron chi connectivity index (χ3n) is 3.42. The molecular formula is C14H16O2. The topological polar surface area (TPSA) is 18.5 Å². The van der Waals surface area contributed by atoms with Crippen LogP contribution in [0.4, 0.5) is 0 Å². The first kappa shape index (κ1) is 9.91. The molecule has 0 radical (unpaired) electrons. The summed E-state index contributed by atoms with van der Waals surface area (Å²) in [6.45, 7) is 1.47. The molecule has 0 N–H and O–H groups in total. The molecule has 0 unspecified atom stereocenters. The summed E-state index contributed by atoms with van der Waals surface area (Å²) in [4.78, 5) is 0. The molecule has 1 saturated carbocycles. The Morgan fingerprint density at radius 2 is 1.94 bits per heavy atom. The minimum Gasteiger partial charge on any atom is -0.496 e. The third-order valence-corrected chi connectivity index (χ3v) is 3.42. The fourth-order valence-electron chi connectivity index (χ4n) is 2.26. The molecule has 0 atom stereocenters. The van der Waals surface area contributed by atoms with Crippen molar-refractivity contribution in [3.8, 4) is 5.75 Å². The second kappa shape index (κ2) is 3.95. The van der Waals surface area contributed by atoms with Gasteiger partial charge in [0.05, 0.1) is 20.3 Å². The molecule has 1 heterocycles. The average Bonchev–Trinajstić information content (AvgIpc) is 2.68. The summed E-state index contributed by atoms with van der Waals surface area (Å²) in [5, 5.41) is 0. The minimum absolute atomic E-state index is 0.725. The van der Waals surface area contributed by atoms with Crippen LogP contribution in [0.2, 0.25) is 0 Å². The second-order valence-electron chi connectivity index (χ2n) is 4.51. The lowest BCUT2D eigenvalue weighted by atomic mass is 9.90. The van der Waals surface area contributed by atoms with Crippen molar-refractivity contribution in [1.82, 2.24) is 0 Å². The van der Waals surface area contributed by atoms with Crippen molar-refractivity contribution in [2.45, 2.75) is 32.5 Å². The molecule has 2 nitrogen and oxygen atoms in total. The van der Waals surface area contributed by atoms with Gasteiger partial charge < -0.3 is 9.47 Å². The van der Waals surface area contributed by atoms with Gasteiger partial charge in [-0.05, 0) is 42.5 Å². The molecular weight excluding hydrogens is 200 g/mol. The third kappa shape index (κ3) is 1.63. The smallest absolute Gasteiger partial charge is 0.126 e. The van der Waals surface area contributed by atoms with Crippen LogP contribution in [0.5, 0.6) is 5.75 Å². The lowest BCUT2D eigenvalue weighted by Gasteiger charge is -2.17. The predicted octanol–water partition coefficient (Wildman–Crippen LogP) is 3.29. The van der Waals surface area contributed by atoms with E-state index in [4.69, 9.17) is 9.47 Å². The van der Waals surface area contributed by atoms with Gasteiger partial charge in [0.25, 0.3) is 0 Å². The van der Waals surface area contributed by atoms with E-state index in [1.54, 1.807) is 7.11 Å². The van der Waals surface area contributed by atoms with Crippen molar-refractivity contribution in [3.05, 3.63) is 34.4 Å². The van der Waals surface area contributed by atoms with Crippen molar-refractivity contribution >= 4 is 6.08 Å². The van der Waals surface area contributed by atoms with Crippen LogP contribution in [0.15, 0.2) is 17.7 Å². The zero-order valence-electron chi connectivity index (χ0n) is 9.58. The summed E-state index contributed by atoms with van der Waals surface area (Å²) < 4.78 is 10.9. The Labute approximate surface area is 95.9 Å². The lowest BCUT2D eigenvalue weighted by molar-refractivity contribution is 0.134. The summed E-state index contributed by atoms with van der Waals surface area (Å²) in [5.74, 6) is 0.976. The Morgan fingerprint density at radius 1 is 1.19 bits per heavy atom. The van der Waals surface area contributed by atoms with E-state index in [1.165, 1.54) is 41.5 Å². The number of benzene rings is 1. The maximum Gasteiger partial charge on any atom is 0.126 e. The molecule has 1 aromatic carbocycles. The van der Waals surface area contributed by atoms with Crippen LogP contribution >= 0.6 is 0 Å². The largest absolute Gasteiger partial charge is 0.496 e. The highest BCUT2D eigenvalue weighted by Crippen LogP contribution is 2.33. The van der Waals surface area contributed by atoms with E-state index in [2.05, 4.69) is 18.2 Å². The summed E-state index contributed by atoms with van der Waals surface area (Å²) in [5.41, 5.74) is 5.33. The molecule has 3 rings (SSSR count). The Hall–Kier alpha value is -1.28. The van der Waals surface area contributed by atoms with Crippen LogP contribution in [0.25, 0.3) is 6.08 Å². The van der Waals surface area contributed by atoms with Gasteiger partial charge in [0, 0.05) is 5.56 Å². The first-order valence-corrected chi connectivity index (χ1v) is 5.84. The maximum atomic E-state index is 5.44. The molecule has 16 heavy (non-hydrogen) atoms. The number of fused-ring (bicyclic) bond motifs is 1. The quantitative estimate of drug-likeness (QED) is 0.755. The predicted molar refractivity (Wildman–Crippen MR) is 63.3 cm³/mol. The van der Waals surface area contributed by atoms with Crippen molar-refractivity contribution in [3.63, 3.8) is 0 Å². The first-order chi connectivity index (χ1) is 7.86. The molecule has 0 amide bonds. The number of ether oxygens (including phenoxy) is 2. The van der Waals surface area contributed by atoms with Gasteiger partial charge in [0.1, 0.15) is 5.75 Å². The van der Waals surface area contributed by atoms with E-state index in [1.807, 2.05) is 0 Å². The van der Waals surface area contributed by atoms with Crippen molar-refractivity contribution < 1.29 is 9.47 Å². The van der Waals surface area contributed by atoms with Gasteiger partial charge in [-0.3, -0.25) is 0 Å². The minimum atomic E-state index is 0.725. The van der Waals surface area contributed by atoms with E-state index >= 15 is 0 Å². The Bertz CT molecular complexity index is 440. The van der Waals surface area contributed by atoms with Crippen molar-refractivity contribution in [2.24, 2.45) is 0 Å². The van der Waals surface area contributed by atoms with Crippen LogP contribution in [-0.4, -0.2) is 7.11 Å². The molecule has 0 aromatic heterocycles. The molecule has 2 heteroatoms. The van der Waals surface area contributed by atoms with E-state index in [0.717, 1.165) is 19.0 Å². The molecule has 1 fully saturated rings. The fraction of sp³-hybridized carbons (Fsp3) is 0.429. The van der Waals surface area contributed by atoms with Gasteiger partial charge in [-0.1, -0.05) is 11.6 Å². The fourth-order valence-corrected chi connectivity index (χ4v) is 2.26. The number of hydrogen-bond donors (Lipinski definition) is 0. The number of allylic oxidation sites excluding steroid dienone is 1. The van der Waals surface area contributed by atoms with E-state index in [9.17, 15) is 0 Å². The molecule has 0 bridgehead atoms. The standard InChI is InChI=1S/C14H16O2/c1-15-14-7-13-9-16-8-12(13)6-11(14)5-10-3-2-4-10/h5-7H,2-4,8-9H2,1H3. The zero-order valence-corrected chi connectivity index (χ0v) is 9.58. The summed E-state index contributed by atoms with van der Waals surface area (Å²) in [7, 11) is 1.74. The number of hydrogen-bond acceptors (Lipinski definition) is 2. The molecule has 1 aromatic rings. The van der Waals surface area contributed by atoms with Crippen molar-refractivity contribution in [1.29, 1.82) is 0 Å². The van der Waals surface area contributed by atoms with Crippen LogP contribution < -0.4 is 4.74 Å². The lowest BCUT2D eigenvalue weighted by Crippen LogP contribution is -1.98. The molecule has 0 spiro atoms. The monoisotopic (exact) mass is 216 g/mol. The summed E-state index contributed by atoms with van der Waals surface area (Å²) in [6.07, 6.45) is 6.11. The van der Waals surface area contributed by atoms with Gasteiger partial charge in [-0.2, -0.15) is 0 Å². The van der Waals surface area contributed by atoms with Gasteiger partial charge >= 0.3 is 0 Å². The van der Waals surface area contributed by atoms with Gasteiger partial charge in [0.2, 0.25) is 0 Å². The Balaban J connectivity index is 2.02. The zero-order chi connectivity index (χ0) is 11.0. The normalized spacial score (nSPS) is 17.9. The van der Waals surface area contributed by atoms with Crippen LogP contribution in [-0.2, 0) is 18.0 Å². The van der Waals surface area contributed by atoms with E-state index in [0.29, 0.717) is 0 Å². The van der Waals surface area contributed by atoms with Gasteiger partial charge in [0.15, 0.2) is 0 Å². The summed E-state index contributed by atoms with van der Waals surface area (Å²) in [6, 6.07) is 4.33. The SMILES string of the molecule is COc1cc2c(cc1C=C1CCC1)COC2. The number of rotatable bonds is 2. The maximum absolute atomic E-state index is 5.44. The number of methoxy groups -OCH3 is 1. The Morgan fingerprint density at radius 3 is 2.56 bits per heavy atom. The molecule has 1 aliphatic carbocycles. The first-order valence-electron chi connectivity index (χ1n) is 5.84. The molecule has 84 valence electrons. The molecule has 1 aliphatic heterocycles. The van der Waals surface area contributed by atoms with Crippen molar-refractivity contribution in [2.75, 3.05) is 7.11 Å².